The Morgan fingerprint density at radius 1 is 1.09 bits per heavy atom. The summed E-state index contributed by atoms with van der Waals surface area (Å²) in [6.07, 6.45) is 1.91. The predicted octanol–water partition coefficient (Wildman–Crippen LogP) is 4.69. The summed E-state index contributed by atoms with van der Waals surface area (Å²) in [4.78, 5) is 15.4. The summed E-state index contributed by atoms with van der Waals surface area (Å²) >= 11 is 6.82. The minimum atomic E-state index is -0.135. The fourth-order valence-electron chi connectivity index (χ4n) is 3.96. The molecule has 0 saturated carbocycles. The van der Waals surface area contributed by atoms with Gasteiger partial charge in [-0.3, -0.25) is 9.69 Å². The van der Waals surface area contributed by atoms with E-state index in [2.05, 4.69) is 31.3 Å². The van der Waals surface area contributed by atoms with E-state index >= 15 is 0 Å². The molecule has 2 aromatic carbocycles. The Hall–Kier alpha value is -3.76. The van der Waals surface area contributed by atoms with Gasteiger partial charge in [0.1, 0.15) is 5.75 Å². The molecule has 0 radical (unpaired) electrons. The second-order valence-corrected chi connectivity index (χ2v) is 9.34. The van der Waals surface area contributed by atoms with E-state index in [9.17, 15) is 4.79 Å². The number of hydrogen-bond donors (Lipinski definition) is 1. The van der Waals surface area contributed by atoms with Crippen molar-refractivity contribution >= 4 is 46.0 Å². The van der Waals surface area contributed by atoms with Crippen LogP contribution in [0.15, 0.2) is 59.5 Å². The van der Waals surface area contributed by atoms with Crippen molar-refractivity contribution in [1.82, 2.24) is 25.2 Å². The van der Waals surface area contributed by atoms with Gasteiger partial charge in [0.05, 0.1) is 17.7 Å². The van der Waals surface area contributed by atoms with Crippen LogP contribution in [0.3, 0.4) is 0 Å². The van der Waals surface area contributed by atoms with Gasteiger partial charge < -0.3 is 9.30 Å². The molecule has 0 unspecified atom stereocenters. The van der Waals surface area contributed by atoms with E-state index in [0.717, 1.165) is 39.6 Å². The molecule has 1 aliphatic heterocycles. The summed E-state index contributed by atoms with van der Waals surface area (Å²) in [5, 5.41) is 14.3. The van der Waals surface area contributed by atoms with Crippen molar-refractivity contribution in [2.24, 2.45) is 0 Å². The molecule has 4 aromatic rings. The van der Waals surface area contributed by atoms with Crippen molar-refractivity contribution in [2.45, 2.75) is 13.8 Å². The van der Waals surface area contributed by atoms with Gasteiger partial charge in [0.15, 0.2) is 4.32 Å². The second-order valence-electron chi connectivity index (χ2n) is 7.66. The van der Waals surface area contributed by atoms with Gasteiger partial charge in [0.25, 0.3) is 5.91 Å². The molecule has 0 atom stereocenters. The summed E-state index contributed by atoms with van der Waals surface area (Å²) in [6.45, 7) is 4.07. The zero-order valence-electron chi connectivity index (χ0n) is 18.6. The monoisotopic (exact) mass is 488 g/mol. The average Bonchev–Trinajstić information content (AvgIpc) is 3.54. The van der Waals surface area contributed by atoms with Crippen LogP contribution < -0.4 is 9.64 Å². The lowest BCUT2D eigenvalue weighted by atomic mass is 10.2. The fourth-order valence-corrected chi connectivity index (χ4v) is 5.25. The van der Waals surface area contributed by atoms with E-state index in [1.165, 1.54) is 11.8 Å². The maximum Gasteiger partial charge on any atom is 0.270 e. The van der Waals surface area contributed by atoms with E-state index < -0.39 is 0 Å². The molecule has 3 heterocycles. The SMILES string of the molecule is COc1ccc(N2C(=O)/C(=C/c3cc(C)n(-c4cccc(-c5nn[nH]n5)c4)c3C)SC2=S)cc1. The van der Waals surface area contributed by atoms with Crippen LogP contribution in [0, 0.1) is 13.8 Å². The molecule has 8 nitrogen and oxygen atoms in total. The van der Waals surface area contributed by atoms with Crippen LogP contribution in [0.1, 0.15) is 17.0 Å². The summed E-state index contributed by atoms with van der Waals surface area (Å²) < 4.78 is 7.85. The molecule has 2 aromatic heterocycles. The van der Waals surface area contributed by atoms with E-state index in [1.54, 1.807) is 12.0 Å². The highest BCUT2D eigenvalue weighted by molar-refractivity contribution is 8.27. The molecule has 1 saturated heterocycles. The van der Waals surface area contributed by atoms with Crippen LogP contribution in [-0.2, 0) is 4.79 Å². The molecule has 1 fully saturated rings. The van der Waals surface area contributed by atoms with Crippen molar-refractivity contribution in [3.8, 4) is 22.8 Å². The number of methoxy groups -OCH3 is 1. The van der Waals surface area contributed by atoms with Crippen LogP contribution in [0.4, 0.5) is 5.69 Å². The number of anilines is 1. The van der Waals surface area contributed by atoms with E-state index in [4.69, 9.17) is 17.0 Å². The molecular formula is C24H20N6O2S2. The highest BCUT2D eigenvalue weighted by atomic mass is 32.2. The minimum Gasteiger partial charge on any atom is -0.497 e. The molecule has 34 heavy (non-hydrogen) atoms. The number of nitrogens with one attached hydrogen (secondary N) is 1. The number of H-pyrrole nitrogens is 1. The number of aryl methyl sites for hydroxylation is 1. The van der Waals surface area contributed by atoms with Crippen molar-refractivity contribution in [3.63, 3.8) is 0 Å². The Morgan fingerprint density at radius 2 is 1.88 bits per heavy atom. The molecule has 1 amide bonds. The summed E-state index contributed by atoms with van der Waals surface area (Å²) in [6, 6.07) is 17.3. The Kier molecular flexibility index (Phi) is 5.76. The smallest absolute Gasteiger partial charge is 0.270 e. The van der Waals surface area contributed by atoms with Crippen LogP contribution in [0.2, 0.25) is 0 Å². The van der Waals surface area contributed by atoms with Gasteiger partial charge >= 0.3 is 0 Å². The first-order valence-electron chi connectivity index (χ1n) is 10.4. The zero-order chi connectivity index (χ0) is 23.8. The van der Waals surface area contributed by atoms with Crippen LogP contribution in [0.5, 0.6) is 5.75 Å². The Morgan fingerprint density at radius 3 is 2.59 bits per heavy atom. The molecule has 5 rings (SSSR count). The quantitative estimate of drug-likeness (QED) is 0.322. The van der Waals surface area contributed by atoms with E-state index in [-0.39, 0.29) is 5.91 Å². The van der Waals surface area contributed by atoms with E-state index in [1.807, 2.05) is 68.5 Å². The van der Waals surface area contributed by atoms with E-state index in [0.29, 0.717) is 15.1 Å². The molecule has 0 bridgehead atoms. The van der Waals surface area contributed by atoms with Crippen molar-refractivity contribution in [1.29, 1.82) is 0 Å². The number of nitrogens with zero attached hydrogens (tertiary/aromatic N) is 5. The molecule has 1 N–H and O–H groups in total. The molecular weight excluding hydrogens is 468 g/mol. The maximum absolute atomic E-state index is 13.2. The Balaban J connectivity index is 1.47. The number of tetrazole rings is 1. The predicted molar refractivity (Wildman–Crippen MR) is 137 cm³/mol. The first kappa shape index (κ1) is 22.1. The lowest BCUT2D eigenvalue weighted by Crippen LogP contribution is -2.27. The largest absolute Gasteiger partial charge is 0.497 e. The lowest BCUT2D eigenvalue weighted by Gasteiger charge is -2.14. The number of aromatic amines is 1. The molecule has 170 valence electrons. The minimum absolute atomic E-state index is 0.135. The van der Waals surface area contributed by atoms with Gasteiger partial charge in [-0.25, -0.2) is 0 Å². The number of thioether (sulfide) groups is 1. The summed E-state index contributed by atoms with van der Waals surface area (Å²) in [5.74, 6) is 1.12. The van der Waals surface area contributed by atoms with Crippen molar-refractivity contribution in [2.75, 3.05) is 12.0 Å². The van der Waals surface area contributed by atoms with Crippen LogP contribution >= 0.6 is 24.0 Å². The molecule has 1 aliphatic rings. The number of ether oxygens (including phenoxy) is 1. The number of hydrogen-bond acceptors (Lipinski definition) is 7. The molecule has 0 aliphatic carbocycles. The van der Waals surface area contributed by atoms with Crippen LogP contribution in [0.25, 0.3) is 23.2 Å². The van der Waals surface area contributed by atoms with Crippen LogP contribution in [-0.4, -0.2) is 42.5 Å². The number of carbonyl (C=O) groups excluding carboxylic acids is 1. The third-order valence-electron chi connectivity index (χ3n) is 5.59. The second kappa shape index (κ2) is 8.88. The van der Waals surface area contributed by atoms with Gasteiger partial charge in [-0.15, -0.1) is 10.2 Å². The highest BCUT2D eigenvalue weighted by Crippen LogP contribution is 2.37. The Bertz CT molecular complexity index is 1420. The van der Waals surface area contributed by atoms with Gasteiger partial charge in [0, 0.05) is 22.6 Å². The number of amides is 1. The molecule has 0 spiro atoms. The lowest BCUT2D eigenvalue weighted by molar-refractivity contribution is -0.113. The summed E-state index contributed by atoms with van der Waals surface area (Å²) in [5.41, 5.74) is 5.56. The number of aromatic nitrogens is 5. The van der Waals surface area contributed by atoms with Crippen molar-refractivity contribution in [3.05, 3.63) is 76.5 Å². The fraction of sp³-hybridized carbons (Fsp3) is 0.125. The first-order valence-corrected chi connectivity index (χ1v) is 11.6. The van der Waals surface area contributed by atoms with Gasteiger partial charge in [-0.05, 0) is 73.2 Å². The number of carbonyl (C=O) groups is 1. The maximum atomic E-state index is 13.2. The Labute approximate surface area is 205 Å². The van der Waals surface area contributed by atoms with Gasteiger partial charge in [0.2, 0.25) is 5.82 Å². The summed E-state index contributed by atoms with van der Waals surface area (Å²) in [7, 11) is 1.61. The number of thiocarbonyl (C=S) groups is 1. The highest BCUT2D eigenvalue weighted by Gasteiger charge is 2.33. The standard InChI is InChI=1S/C24H20N6O2S2/c1-14-11-17(15(2)29(14)19-6-4-5-16(12-19)22-25-27-28-26-22)13-21-23(31)30(24(33)34-21)18-7-9-20(32-3)10-8-18/h4-13H,1-3H3,(H,25,26,27,28)/b21-13-. The van der Waals surface area contributed by atoms with Gasteiger partial charge in [-0.2, -0.15) is 5.21 Å². The van der Waals surface area contributed by atoms with Gasteiger partial charge in [-0.1, -0.05) is 36.1 Å². The molecule has 10 heteroatoms. The average molecular weight is 489 g/mol. The first-order chi connectivity index (χ1) is 16.5. The zero-order valence-corrected chi connectivity index (χ0v) is 20.3. The number of rotatable bonds is 5. The third-order valence-corrected chi connectivity index (χ3v) is 6.89. The third kappa shape index (κ3) is 3.91. The normalized spacial score (nSPS) is 14.9. The van der Waals surface area contributed by atoms with Crippen molar-refractivity contribution < 1.29 is 9.53 Å². The topological polar surface area (TPSA) is 88.9 Å². The number of benzene rings is 2.